The molecule has 2 aromatic carbocycles. The van der Waals surface area contributed by atoms with Crippen LogP contribution in [0.2, 0.25) is 10.0 Å². The Hall–Kier alpha value is -1.93. The van der Waals surface area contributed by atoms with E-state index in [9.17, 15) is 26.3 Å². The van der Waals surface area contributed by atoms with E-state index in [0.717, 1.165) is 0 Å². The Morgan fingerprint density at radius 2 is 1.56 bits per heavy atom. The van der Waals surface area contributed by atoms with Crippen LogP contribution in [0.4, 0.5) is 26.3 Å². The number of rotatable bonds is 1. The standard InChI is InChI=1S/C15H6Cl2F6N2/c16-7-1-2-8(10(17)5-7)13-24-11-4-6(14(18,19)20)3-9(12(11)25-13)15(21,22)23/h1-5H,(H,24,25). The molecule has 1 aromatic heterocycles. The molecule has 132 valence electrons. The number of hydrogen-bond acceptors (Lipinski definition) is 1. The lowest BCUT2D eigenvalue weighted by Crippen LogP contribution is -2.11. The third-order valence-corrected chi connectivity index (χ3v) is 3.95. The molecule has 0 fully saturated rings. The fourth-order valence-corrected chi connectivity index (χ4v) is 2.80. The molecule has 0 bridgehead atoms. The van der Waals surface area contributed by atoms with Gasteiger partial charge in [-0.05, 0) is 30.3 Å². The molecule has 0 aliphatic heterocycles. The Balaban J connectivity index is 2.29. The first-order valence-electron chi connectivity index (χ1n) is 6.60. The van der Waals surface area contributed by atoms with Crippen molar-refractivity contribution in [2.45, 2.75) is 12.4 Å². The summed E-state index contributed by atoms with van der Waals surface area (Å²) in [5.74, 6) is -0.0958. The number of aromatic nitrogens is 2. The second-order valence-corrected chi connectivity index (χ2v) is 5.97. The minimum absolute atomic E-state index is 0.0381. The van der Waals surface area contributed by atoms with Gasteiger partial charge in [0.1, 0.15) is 11.3 Å². The van der Waals surface area contributed by atoms with Crippen molar-refractivity contribution in [3.05, 3.63) is 51.5 Å². The van der Waals surface area contributed by atoms with Crippen LogP contribution in [-0.4, -0.2) is 9.97 Å². The van der Waals surface area contributed by atoms with Gasteiger partial charge in [0.2, 0.25) is 0 Å². The number of imidazole rings is 1. The Kier molecular flexibility index (Phi) is 4.15. The van der Waals surface area contributed by atoms with Gasteiger partial charge >= 0.3 is 12.4 Å². The van der Waals surface area contributed by atoms with Crippen molar-refractivity contribution >= 4 is 34.2 Å². The Morgan fingerprint density at radius 3 is 2.12 bits per heavy atom. The summed E-state index contributed by atoms with van der Waals surface area (Å²) in [6.45, 7) is 0. The van der Waals surface area contributed by atoms with Crippen LogP contribution in [0.1, 0.15) is 11.1 Å². The Morgan fingerprint density at radius 1 is 0.880 bits per heavy atom. The van der Waals surface area contributed by atoms with E-state index in [1.165, 1.54) is 18.2 Å². The topological polar surface area (TPSA) is 28.7 Å². The molecule has 2 nitrogen and oxygen atoms in total. The van der Waals surface area contributed by atoms with Crippen molar-refractivity contribution in [3.63, 3.8) is 0 Å². The molecule has 10 heteroatoms. The zero-order valence-electron chi connectivity index (χ0n) is 11.9. The average molecular weight is 399 g/mol. The maximum absolute atomic E-state index is 13.2. The Labute approximate surface area is 146 Å². The van der Waals surface area contributed by atoms with E-state index >= 15 is 0 Å². The SMILES string of the molecule is FC(F)(F)c1cc(C(F)(F)F)c2nc(-c3ccc(Cl)cc3Cl)[nH]c2c1. The molecule has 0 radical (unpaired) electrons. The van der Waals surface area contributed by atoms with Crippen molar-refractivity contribution < 1.29 is 26.3 Å². The molecule has 3 rings (SSSR count). The molecule has 0 saturated carbocycles. The first-order valence-corrected chi connectivity index (χ1v) is 7.36. The van der Waals surface area contributed by atoms with Crippen LogP contribution in [-0.2, 0) is 12.4 Å². The zero-order chi connectivity index (χ0) is 18.6. The monoisotopic (exact) mass is 398 g/mol. The van der Waals surface area contributed by atoms with E-state index < -0.39 is 34.5 Å². The summed E-state index contributed by atoms with van der Waals surface area (Å²) < 4.78 is 78.1. The van der Waals surface area contributed by atoms with Gasteiger partial charge in [0.25, 0.3) is 0 Å². The summed E-state index contributed by atoms with van der Waals surface area (Å²) in [5.41, 5.74) is -3.72. The van der Waals surface area contributed by atoms with E-state index in [-0.39, 0.29) is 22.5 Å². The van der Waals surface area contributed by atoms with Crippen LogP contribution in [0.25, 0.3) is 22.4 Å². The van der Waals surface area contributed by atoms with Crippen molar-refractivity contribution in [3.8, 4) is 11.4 Å². The van der Waals surface area contributed by atoms with Gasteiger partial charge in [0, 0.05) is 10.6 Å². The molecular formula is C15H6Cl2F6N2. The molecule has 0 saturated heterocycles. The van der Waals surface area contributed by atoms with Crippen LogP contribution in [0.3, 0.4) is 0 Å². The number of benzene rings is 2. The predicted octanol–water partition coefficient (Wildman–Crippen LogP) is 6.57. The van der Waals surface area contributed by atoms with Crippen molar-refractivity contribution in [1.29, 1.82) is 0 Å². The van der Waals surface area contributed by atoms with Gasteiger partial charge in [0.05, 0.1) is 21.7 Å². The smallest absolute Gasteiger partial charge is 0.338 e. The molecule has 1 heterocycles. The highest BCUT2D eigenvalue weighted by Gasteiger charge is 2.39. The molecule has 0 spiro atoms. The second kappa shape index (κ2) is 5.81. The number of nitrogens with one attached hydrogen (secondary N) is 1. The third-order valence-electron chi connectivity index (χ3n) is 3.41. The number of aromatic amines is 1. The summed E-state index contributed by atoms with van der Waals surface area (Å²) in [7, 11) is 0. The van der Waals surface area contributed by atoms with Gasteiger partial charge in [-0.1, -0.05) is 23.2 Å². The fraction of sp³-hybridized carbons (Fsp3) is 0.133. The quantitative estimate of drug-likeness (QED) is 0.461. The molecular weight excluding hydrogens is 393 g/mol. The van der Waals surface area contributed by atoms with E-state index in [2.05, 4.69) is 9.97 Å². The molecule has 0 amide bonds. The number of fused-ring (bicyclic) bond motifs is 1. The number of H-pyrrole nitrogens is 1. The van der Waals surface area contributed by atoms with Gasteiger partial charge in [0.15, 0.2) is 0 Å². The molecule has 0 aliphatic rings. The van der Waals surface area contributed by atoms with Gasteiger partial charge in [-0.3, -0.25) is 0 Å². The van der Waals surface area contributed by atoms with Crippen LogP contribution in [0.15, 0.2) is 30.3 Å². The molecule has 0 aliphatic carbocycles. The average Bonchev–Trinajstić information content (AvgIpc) is 2.87. The number of hydrogen-bond donors (Lipinski definition) is 1. The third kappa shape index (κ3) is 3.41. The molecule has 0 unspecified atom stereocenters. The minimum atomic E-state index is -5.00. The first-order chi connectivity index (χ1) is 11.5. The van der Waals surface area contributed by atoms with Gasteiger partial charge in [-0.25, -0.2) is 4.98 Å². The first kappa shape index (κ1) is 17.9. The second-order valence-electron chi connectivity index (χ2n) is 5.13. The molecule has 25 heavy (non-hydrogen) atoms. The van der Waals surface area contributed by atoms with E-state index in [1.807, 2.05) is 0 Å². The number of alkyl halides is 6. The van der Waals surface area contributed by atoms with Gasteiger partial charge in [-0.2, -0.15) is 26.3 Å². The number of halogens is 8. The number of nitrogens with zero attached hydrogens (tertiary/aromatic N) is 1. The summed E-state index contributed by atoms with van der Waals surface area (Å²) >= 11 is 11.7. The lowest BCUT2D eigenvalue weighted by atomic mass is 10.1. The van der Waals surface area contributed by atoms with Crippen LogP contribution < -0.4 is 0 Å². The predicted molar refractivity (Wildman–Crippen MR) is 81.6 cm³/mol. The van der Waals surface area contributed by atoms with E-state index in [4.69, 9.17) is 23.2 Å². The Bertz CT molecular complexity index is 959. The highest BCUT2D eigenvalue weighted by atomic mass is 35.5. The normalized spacial score (nSPS) is 12.8. The van der Waals surface area contributed by atoms with Crippen molar-refractivity contribution in [1.82, 2.24) is 9.97 Å². The largest absolute Gasteiger partial charge is 0.418 e. The fourth-order valence-electron chi connectivity index (χ4n) is 2.31. The maximum Gasteiger partial charge on any atom is 0.418 e. The van der Waals surface area contributed by atoms with Crippen molar-refractivity contribution in [2.75, 3.05) is 0 Å². The zero-order valence-corrected chi connectivity index (χ0v) is 13.4. The lowest BCUT2D eigenvalue weighted by Gasteiger charge is -2.11. The maximum atomic E-state index is 13.2. The summed E-state index contributed by atoms with van der Waals surface area (Å²) in [4.78, 5) is 6.25. The van der Waals surface area contributed by atoms with Gasteiger partial charge < -0.3 is 4.98 Å². The van der Waals surface area contributed by atoms with Gasteiger partial charge in [-0.15, -0.1) is 0 Å². The highest BCUT2D eigenvalue weighted by Crippen LogP contribution is 2.40. The summed E-state index contributed by atoms with van der Waals surface area (Å²) in [6, 6.07) is 4.79. The molecule has 1 N–H and O–H groups in total. The van der Waals surface area contributed by atoms with Crippen molar-refractivity contribution in [2.24, 2.45) is 0 Å². The minimum Gasteiger partial charge on any atom is -0.338 e. The highest BCUT2D eigenvalue weighted by molar-refractivity contribution is 6.36. The van der Waals surface area contributed by atoms with Crippen LogP contribution in [0.5, 0.6) is 0 Å². The molecule has 3 aromatic rings. The summed E-state index contributed by atoms with van der Waals surface area (Å²) in [5, 5.41) is 0.386. The summed E-state index contributed by atoms with van der Waals surface area (Å²) in [6.07, 6.45) is -9.94. The van der Waals surface area contributed by atoms with Crippen LogP contribution >= 0.6 is 23.2 Å². The van der Waals surface area contributed by atoms with E-state index in [0.29, 0.717) is 11.1 Å². The van der Waals surface area contributed by atoms with Crippen LogP contribution in [0, 0.1) is 0 Å². The molecule has 0 atom stereocenters. The lowest BCUT2D eigenvalue weighted by molar-refractivity contribution is -0.142. The van der Waals surface area contributed by atoms with E-state index in [1.54, 1.807) is 0 Å².